The van der Waals surface area contributed by atoms with Crippen LogP contribution in [0.2, 0.25) is 0 Å². The SMILES string of the molecule is COC(=O)c1cc2c([nH]c3ccccc32)c(-n2c(C(N)=O)nc3ccccc32)n1. The second-order valence-electron chi connectivity index (χ2n) is 6.54. The number of nitrogens with one attached hydrogen (secondary N) is 1. The lowest BCUT2D eigenvalue weighted by Gasteiger charge is -2.10. The van der Waals surface area contributed by atoms with Gasteiger partial charge in [0.2, 0.25) is 5.82 Å². The van der Waals surface area contributed by atoms with Gasteiger partial charge in [-0.3, -0.25) is 9.36 Å². The van der Waals surface area contributed by atoms with E-state index in [4.69, 9.17) is 10.5 Å². The third kappa shape index (κ3) is 2.46. The average Bonchev–Trinajstić information content (AvgIpc) is 3.31. The summed E-state index contributed by atoms with van der Waals surface area (Å²) in [6.45, 7) is 0. The maximum atomic E-state index is 12.3. The zero-order valence-corrected chi connectivity index (χ0v) is 15.3. The highest BCUT2D eigenvalue weighted by atomic mass is 16.5. The number of methoxy groups -OCH3 is 1. The van der Waals surface area contributed by atoms with Crippen molar-refractivity contribution in [2.24, 2.45) is 5.73 Å². The number of pyridine rings is 1. The van der Waals surface area contributed by atoms with Gasteiger partial charge in [0, 0.05) is 16.3 Å². The number of ether oxygens (including phenoxy) is 1. The molecule has 0 aliphatic heterocycles. The van der Waals surface area contributed by atoms with Crippen LogP contribution in [0.4, 0.5) is 0 Å². The number of carbonyl (C=O) groups excluding carboxylic acids is 2. The van der Waals surface area contributed by atoms with Crippen LogP contribution in [0, 0.1) is 0 Å². The van der Waals surface area contributed by atoms with Crippen molar-refractivity contribution in [2.45, 2.75) is 0 Å². The number of hydrogen-bond donors (Lipinski definition) is 2. The predicted octanol–water partition coefficient (Wildman–Crippen LogP) is 2.94. The van der Waals surface area contributed by atoms with Crippen molar-refractivity contribution in [1.29, 1.82) is 0 Å². The molecule has 3 N–H and O–H groups in total. The molecule has 0 aliphatic carbocycles. The molecule has 0 unspecified atom stereocenters. The quantitative estimate of drug-likeness (QED) is 0.463. The van der Waals surface area contributed by atoms with Crippen molar-refractivity contribution in [3.8, 4) is 5.82 Å². The van der Waals surface area contributed by atoms with Crippen molar-refractivity contribution in [3.05, 3.63) is 66.1 Å². The third-order valence-electron chi connectivity index (χ3n) is 4.86. The number of amides is 1. The first-order chi connectivity index (χ1) is 14.1. The van der Waals surface area contributed by atoms with Crippen LogP contribution in [-0.2, 0) is 4.74 Å². The van der Waals surface area contributed by atoms with Crippen molar-refractivity contribution in [1.82, 2.24) is 19.5 Å². The summed E-state index contributed by atoms with van der Waals surface area (Å²) in [5, 5.41) is 1.69. The smallest absolute Gasteiger partial charge is 0.356 e. The van der Waals surface area contributed by atoms with Crippen LogP contribution in [0.3, 0.4) is 0 Å². The highest BCUT2D eigenvalue weighted by Gasteiger charge is 2.23. The van der Waals surface area contributed by atoms with E-state index < -0.39 is 11.9 Å². The standard InChI is InChI=1S/C21H15N5O3/c1-29-21(28)15-10-12-11-6-2-3-7-13(11)23-17(12)19(25-15)26-16-9-5-4-8-14(16)24-20(26)18(22)27/h2-10,23H,1H3,(H2,22,27). The second kappa shape index (κ2) is 6.16. The molecule has 3 aromatic heterocycles. The summed E-state index contributed by atoms with van der Waals surface area (Å²) in [5.74, 6) is -0.901. The van der Waals surface area contributed by atoms with E-state index >= 15 is 0 Å². The molecule has 5 aromatic rings. The Kier molecular flexibility index (Phi) is 3.60. The van der Waals surface area contributed by atoms with Crippen LogP contribution in [0.5, 0.6) is 0 Å². The highest BCUT2D eigenvalue weighted by molar-refractivity contribution is 6.11. The van der Waals surface area contributed by atoms with E-state index in [1.807, 2.05) is 42.5 Å². The van der Waals surface area contributed by atoms with E-state index in [1.54, 1.807) is 16.7 Å². The third-order valence-corrected chi connectivity index (χ3v) is 4.86. The number of aromatic nitrogens is 4. The number of imidazole rings is 1. The van der Waals surface area contributed by atoms with Gasteiger partial charge in [-0.1, -0.05) is 30.3 Å². The number of para-hydroxylation sites is 3. The minimum atomic E-state index is -0.698. The first-order valence-electron chi connectivity index (χ1n) is 8.86. The van der Waals surface area contributed by atoms with Gasteiger partial charge in [0.15, 0.2) is 11.5 Å². The number of carbonyl (C=O) groups is 2. The molecule has 3 heterocycles. The Bertz CT molecular complexity index is 1450. The minimum Gasteiger partial charge on any atom is -0.464 e. The molecule has 8 heteroatoms. The molecule has 0 saturated carbocycles. The summed E-state index contributed by atoms with van der Waals surface area (Å²) < 4.78 is 6.45. The Hall–Kier alpha value is -4.20. The van der Waals surface area contributed by atoms with Gasteiger partial charge in [-0.25, -0.2) is 14.8 Å². The van der Waals surface area contributed by atoms with Crippen LogP contribution in [0.25, 0.3) is 38.7 Å². The summed E-state index contributed by atoms with van der Waals surface area (Å²) in [6.07, 6.45) is 0. The van der Waals surface area contributed by atoms with Crippen molar-refractivity contribution < 1.29 is 14.3 Å². The Morgan fingerprint density at radius 3 is 2.59 bits per heavy atom. The number of aromatic amines is 1. The molecule has 0 radical (unpaired) electrons. The van der Waals surface area contributed by atoms with Crippen LogP contribution in [-0.4, -0.2) is 38.5 Å². The molecule has 8 nitrogen and oxygen atoms in total. The lowest BCUT2D eigenvalue weighted by Crippen LogP contribution is -2.19. The largest absolute Gasteiger partial charge is 0.464 e. The zero-order valence-electron chi connectivity index (χ0n) is 15.3. The summed E-state index contributed by atoms with van der Waals surface area (Å²) in [4.78, 5) is 36.7. The second-order valence-corrected chi connectivity index (χ2v) is 6.54. The number of hydrogen-bond acceptors (Lipinski definition) is 5. The van der Waals surface area contributed by atoms with Crippen LogP contribution in [0.1, 0.15) is 21.1 Å². The maximum Gasteiger partial charge on any atom is 0.356 e. The summed E-state index contributed by atoms with van der Waals surface area (Å²) in [7, 11) is 1.30. The molecular formula is C21H15N5O3. The number of primary amides is 1. The Morgan fingerprint density at radius 2 is 1.79 bits per heavy atom. The van der Waals surface area contributed by atoms with Gasteiger partial charge in [-0.15, -0.1) is 0 Å². The Labute approximate surface area is 163 Å². The molecular weight excluding hydrogens is 370 g/mol. The molecule has 1 amide bonds. The molecule has 2 aromatic carbocycles. The molecule has 5 rings (SSSR count). The van der Waals surface area contributed by atoms with E-state index in [0.717, 1.165) is 16.3 Å². The van der Waals surface area contributed by atoms with Gasteiger partial charge in [0.05, 0.1) is 23.7 Å². The number of nitrogens with zero attached hydrogens (tertiary/aromatic N) is 3. The van der Waals surface area contributed by atoms with Gasteiger partial charge in [0.1, 0.15) is 0 Å². The van der Waals surface area contributed by atoms with Gasteiger partial charge in [-0.05, 0) is 24.3 Å². The summed E-state index contributed by atoms with van der Waals surface area (Å²) in [5.41, 5.74) is 8.50. The molecule has 142 valence electrons. The highest BCUT2D eigenvalue weighted by Crippen LogP contribution is 2.32. The fraction of sp³-hybridized carbons (Fsp3) is 0.0476. The van der Waals surface area contributed by atoms with Crippen LogP contribution in [0.15, 0.2) is 54.6 Å². The minimum absolute atomic E-state index is 0.0284. The first-order valence-corrected chi connectivity index (χ1v) is 8.86. The molecule has 0 spiro atoms. The van der Waals surface area contributed by atoms with Crippen LogP contribution < -0.4 is 5.73 Å². The lowest BCUT2D eigenvalue weighted by atomic mass is 10.1. The molecule has 29 heavy (non-hydrogen) atoms. The van der Waals surface area contributed by atoms with Gasteiger partial charge in [0.25, 0.3) is 5.91 Å². The summed E-state index contributed by atoms with van der Waals surface area (Å²) in [6, 6.07) is 16.6. The van der Waals surface area contributed by atoms with Crippen molar-refractivity contribution >= 4 is 44.7 Å². The molecule has 0 fully saturated rings. The molecule has 0 bridgehead atoms. The Balaban J connectivity index is 1.97. The number of esters is 1. The molecule has 0 aliphatic rings. The first kappa shape index (κ1) is 16.9. The van der Waals surface area contributed by atoms with E-state index in [1.165, 1.54) is 7.11 Å². The van der Waals surface area contributed by atoms with Crippen molar-refractivity contribution in [2.75, 3.05) is 7.11 Å². The fourth-order valence-corrected chi connectivity index (χ4v) is 3.61. The fourth-order valence-electron chi connectivity index (χ4n) is 3.61. The van der Waals surface area contributed by atoms with Gasteiger partial charge < -0.3 is 15.5 Å². The van der Waals surface area contributed by atoms with Gasteiger partial charge >= 0.3 is 5.97 Å². The number of nitrogens with two attached hydrogens (primary N) is 1. The number of benzene rings is 2. The van der Waals surface area contributed by atoms with Gasteiger partial charge in [-0.2, -0.15) is 0 Å². The predicted molar refractivity (Wildman–Crippen MR) is 108 cm³/mol. The monoisotopic (exact) mass is 385 g/mol. The van der Waals surface area contributed by atoms with Crippen molar-refractivity contribution in [3.63, 3.8) is 0 Å². The maximum absolute atomic E-state index is 12.3. The molecule has 0 atom stereocenters. The number of H-pyrrole nitrogens is 1. The van der Waals surface area contributed by atoms with Crippen LogP contribution >= 0.6 is 0 Å². The average molecular weight is 385 g/mol. The van der Waals surface area contributed by atoms with E-state index in [2.05, 4.69) is 15.0 Å². The van der Waals surface area contributed by atoms with E-state index in [0.29, 0.717) is 22.4 Å². The van der Waals surface area contributed by atoms with E-state index in [-0.39, 0.29) is 11.5 Å². The lowest BCUT2D eigenvalue weighted by molar-refractivity contribution is 0.0594. The summed E-state index contributed by atoms with van der Waals surface area (Å²) >= 11 is 0. The topological polar surface area (TPSA) is 116 Å². The zero-order chi connectivity index (χ0) is 20.1. The normalized spacial score (nSPS) is 11.3. The Morgan fingerprint density at radius 1 is 1.03 bits per heavy atom. The number of rotatable bonds is 3. The van der Waals surface area contributed by atoms with E-state index in [9.17, 15) is 9.59 Å². The number of fused-ring (bicyclic) bond motifs is 4. The molecule has 0 saturated heterocycles.